The third-order valence-electron chi connectivity index (χ3n) is 2.35. The Hall–Kier alpha value is -2.46. The highest BCUT2D eigenvalue weighted by atomic mass is 79.9. The van der Waals surface area contributed by atoms with Crippen molar-refractivity contribution in [3.8, 4) is 17.6 Å². The van der Waals surface area contributed by atoms with Crippen LogP contribution in [0.5, 0.6) is 11.5 Å². The fourth-order valence-electron chi connectivity index (χ4n) is 1.53. The summed E-state index contributed by atoms with van der Waals surface area (Å²) in [5.74, 6) is -0.583. The highest BCUT2D eigenvalue weighted by molar-refractivity contribution is 9.10. The molecule has 0 amide bonds. The van der Waals surface area contributed by atoms with Crippen molar-refractivity contribution in [1.82, 2.24) is 0 Å². The third kappa shape index (κ3) is 3.10. The summed E-state index contributed by atoms with van der Waals surface area (Å²) >= 11 is 3.20. The summed E-state index contributed by atoms with van der Waals surface area (Å²) in [4.78, 5) is 10.1. The minimum Gasteiger partial charge on any atom is -0.450 e. The number of nitro groups is 1. The lowest BCUT2D eigenvalue weighted by atomic mass is 10.2. The molecule has 5 nitrogen and oxygen atoms in total. The molecule has 0 saturated heterocycles. The summed E-state index contributed by atoms with van der Waals surface area (Å²) in [6.45, 7) is 0. The molecule has 0 aliphatic heterocycles. The normalized spacial score (nSPS) is 9.85. The number of hydrogen-bond acceptors (Lipinski definition) is 4. The van der Waals surface area contributed by atoms with E-state index in [2.05, 4.69) is 15.9 Å². The third-order valence-corrected chi connectivity index (χ3v) is 2.80. The summed E-state index contributed by atoms with van der Waals surface area (Å²) in [7, 11) is 0. The van der Waals surface area contributed by atoms with E-state index in [1.54, 1.807) is 12.1 Å². The molecule has 2 aromatic rings. The Kier molecular flexibility index (Phi) is 3.96. The van der Waals surface area contributed by atoms with Gasteiger partial charge in [0.1, 0.15) is 11.6 Å². The van der Waals surface area contributed by atoms with Gasteiger partial charge in [-0.05, 0) is 30.3 Å². The van der Waals surface area contributed by atoms with Crippen molar-refractivity contribution in [3.63, 3.8) is 0 Å². The minimum absolute atomic E-state index is 0.0987. The summed E-state index contributed by atoms with van der Waals surface area (Å²) in [6, 6.07) is 9.49. The lowest BCUT2D eigenvalue weighted by Gasteiger charge is -2.07. The largest absolute Gasteiger partial charge is 0.450 e. The molecule has 20 heavy (non-hydrogen) atoms. The highest BCUT2D eigenvalue weighted by Gasteiger charge is 2.17. The van der Waals surface area contributed by atoms with Crippen LogP contribution in [0.3, 0.4) is 0 Å². The van der Waals surface area contributed by atoms with Gasteiger partial charge < -0.3 is 4.74 Å². The van der Waals surface area contributed by atoms with E-state index in [0.717, 1.165) is 12.1 Å². The molecule has 0 fully saturated rings. The molecule has 0 heterocycles. The Balaban J connectivity index is 2.42. The first-order valence-electron chi connectivity index (χ1n) is 5.32. The van der Waals surface area contributed by atoms with Gasteiger partial charge in [-0.25, -0.2) is 4.39 Å². The number of ether oxygens (including phenoxy) is 1. The molecule has 0 spiro atoms. The van der Waals surface area contributed by atoms with Crippen LogP contribution in [0.25, 0.3) is 0 Å². The van der Waals surface area contributed by atoms with Crippen molar-refractivity contribution in [3.05, 3.63) is 62.4 Å². The van der Waals surface area contributed by atoms with Crippen molar-refractivity contribution in [2.45, 2.75) is 0 Å². The molecule has 0 aliphatic rings. The van der Waals surface area contributed by atoms with Crippen LogP contribution >= 0.6 is 15.9 Å². The lowest BCUT2D eigenvalue weighted by molar-refractivity contribution is -0.385. The average Bonchev–Trinajstić information content (AvgIpc) is 2.40. The van der Waals surface area contributed by atoms with Crippen LogP contribution in [-0.2, 0) is 0 Å². The molecule has 2 aromatic carbocycles. The number of rotatable bonds is 3. The Morgan fingerprint density at radius 1 is 1.30 bits per heavy atom. The fraction of sp³-hybridized carbons (Fsp3) is 0. The van der Waals surface area contributed by atoms with Crippen molar-refractivity contribution in [2.24, 2.45) is 0 Å². The maximum absolute atomic E-state index is 13.0. The van der Waals surface area contributed by atoms with Crippen LogP contribution < -0.4 is 4.74 Å². The van der Waals surface area contributed by atoms with Gasteiger partial charge in [0.15, 0.2) is 0 Å². The predicted octanol–water partition coefficient (Wildman–Crippen LogP) is 4.16. The second-order valence-corrected chi connectivity index (χ2v) is 4.67. The SMILES string of the molecule is N#Cc1cc(Br)cc(Oc2ccc(F)cc2[N+](=O)[O-])c1. The number of nitriles is 1. The van der Waals surface area contributed by atoms with E-state index in [0.29, 0.717) is 10.0 Å². The van der Waals surface area contributed by atoms with Crippen LogP contribution in [-0.4, -0.2) is 4.92 Å². The fourth-order valence-corrected chi connectivity index (χ4v) is 2.00. The molecule has 0 atom stereocenters. The van der Waals surface area contributed by atoms with Crippen molar-refractivity contribution in [1.29, 1.82) is 5.26 Å². The monoisotopic (exact) mass is 336 g/mol. The van der Waals surface area contributed by atoms with E-state index in [1.807, 2.05) is 6.07 Å². The molecule has 0 saturated carbocycles. The zero-order valence-electron chi connectivity index (χ0n) is 9.84. The van der Waals surface area contributed by atoms with Gasteiger partial charge in [0.25, 0.3) is 0 Å². The van der Waals surface area contributed by atoms with Crippen molar-refractivity contribution in [2.75, 3.05) is 0 Å². The van der Waals surface area contributed by atoms with Crippen molar-refractivity contribution >= 4 is 21.6 Å². The van der Waals surface area contributed by atoms with E-state index in [1.165, 1.54) is 12.1 Å². The molecule has 0 aromatic heterocycles. The molecular formula is C13H6BrFN2O3. The Morgan fingerprint density at radius 3 is 2.70 bits per heavy atom. The lowest BCUT2D eigenvalue weighted by Crippen LogP contribution is -1.94. The molecular weight excluding hydrogens is 331 g/mol. The summed E-state index contributed by atoms with van der Waals surface area (Å²) in [5, 5.41) is 19.7. The second-order valence-electron chi connectivity index (χ2n) is 3.76. The highest BCUT2D eigenvalue weighted by Crippen LogP contribution is 2.33. The van der Waals surface area contributed by atoms with Gasteiger partial charge in [-0.3, -0.25) is 10.1 Å². The Labute approximate surface area is 121 Å². The van der Waals surface area contributed by atoms with Crippen LogP contribution in [0, 0.1) is 27.3 Å². The van der Waals surface area contributed by atoms with E-state index in [9.17, 15) is 14.5 Å². The standard InChI is InChI=1S/C13H6BrFN2O3/c14-9-3-8(7-16)4-11(5-9)20-13-2-1-10(15)6-12(13)17(18)19/h1-6H. The van der Waals surface area contributed by atoms with Gasteiger partial charge in [0.2, 0.25) is 5.75 Å². The van der Waals surface area contributed by atoms with E-state index in [-0.39, 0.29) is 11.5 Å². The van der Waals surface area contributed by atoms with Gasteiger partial charge in [0, 0.05) is 4.47 Å². The van der Waals surface area contributed by atoms with Gasteiger partial charge in [-0.2, -0.15) is 5.26 Å². The summed E-state index contributed by atoms with van der Waals surface area (Å²) < 4.78 is 19.0. The Morgan fingerprint density at radius 2 is 2.05 bits per heavy atom. The molecule has 100 valence electrons. The first-order chi connectivity index (χ1) is 9.49. The average molecular weight is 337 g/mol. The van der Waals surface area contributed by atoms with Gasteiger partial charge in [-0.15, -0.1) is 0 Å². The van der Waals surface area contributed by atoms with E-state index < -0.39 is 16.4 Å². The number of halogens is 2. The van der Waals surface area contributed by atoms with E-state index in [4.69, 9.17) is 10.00 Å². The quantitative estimate of drug-likeness (QED) is 0.622. The van der Waals surface area contributed by atoms with Crippen LogP contribution in [0.15, 0.2) is 40.9 Å². The second kappa shape index (κ2) is 5.67. The predicted molar refractivity (Wildman–Crippen MR) is 72.0 cm³/mol. The number of benzene rings is 2. The molecule has 0 N–H and O–H groups in total. The molecule has 2 rings (SSSR count). The zero-order chi connectivity index (χ0) is 14.7. The minimum atomic E-state index is -0.735. The topological polar surface area (TPSA) is 76.2 Å². The van der Waals surface area contributed by atoms with Crippen molar-refractivity contribution < 1.29 is 14.1 Å². The maximum Gasteiger partial charge on any atom is 0.314 e. The number of hydrogen-bond donors (Lipinski definition) is 0. The van der Waals surface area contributed by atoms with Gasteiger partial charge >= 0.3 is 5.69 Å². The summed E-state index contributed by atoms with van der Waals surface area (Å²) in [6.07, 6.45) is 0. The molecule has 0 bridgehead atoms. The zero-order valence-corrected chi connectivity index (χ0v) is 11.4. The molecule has 7 heteroatoms. The van der Waals surface area contributed by atoms with Crippen LogP contribution in [0.2, 0.25) is 0 Å². The van der Waals surface area contributed by atoms with E-state index >= 15 is 0 Å². The first-order valence-corrected chi connectivity index (χ1v) is 6.11. The Bertz CT molecular complexity index is 728. The van der Waals surface area contributed by atoms with Gasteiger partial charge in [-0.1, -0.05) is 15.9 Å². The summed E-state index contributed by atoms with van der Waals surface area (Å²) in [5.41, 5.74) is -0.150. The number of nitro benzene ring substituents is 1. The van der Waals surface area contributed by atoms with Gasteiger partial charge in [0.05, 0.1) is 22.6 Å². The maximum atomic E-state index is 13.0. The molecule has 0 radical (unpaired) electrons. The smallest absolute Gasteiger partial charge is 0.314 e. The first kappa shape index (κ1) is 14.0. The molecule has 0 unspecified atom stereocenters. The molecule has 0 aliphatic carbocycles. The van der Waals surface area contributed by atoms with Crippen LogP contribution in [0.4, 0.5) is 10.1 Å². The van der Waals surface area contributed by atoms with Crippen LogP contribution in [0.1, 0.15) is 5.56 Å². The number of nitrogens with zero attached hydrogens (tertiary/aromatic N) is 2.